The van der Waals surface area contributed by atoms with Crippen molar-refractivity contribution in [2.24, 2.45) is 5.92 Å². The van der Waals surface area contributed by atoms with Gasteiger partial charge in [0.1, 0.15) is 5.75 Å². The topological polar surface area (TPSA) is 87.7 Å². The SMILES string of the molecule is COc1ccc(C(=O)O)c(NC(=O)NC2CC2C)c1. The second-order valence-electron chi connectivity index (χ2n) is 4.63. The van der Waals surface area contributed by atoms with E-state index in [-0.39, 0.29) is 17.3 Å². The van der Waals surface area contributed by atoms with E-state index in [1.807, 2.05) is 6.92 Å². The number of carbonyl (C=O) groups is 2. The van der Waals surface area contributed by atoms with Crippen molar-refractivity contribution in [3.8, 4) is 5.75 Å². The van der Waals surface area contributed by atoms with Gasteiger partial charge in [-0.15, -0.1) is 0 Å². The second kappa shape index (κ2) is 5.17. The fraction of sp³-hybridized carbons (Fsp3) is 0.385. The van der Waals surface area contributed by atoms with Crippen molar-refractivity contribution >= 4 is 17.7 Å². The van der Waals surface area contributed by atoms with Crippen LogP contribution >= 0.6 is 0 Å². The van der Waals surface area contributed by atoms with Gasteiger partial charge in [0.2, 0.25) is 0 Å². The van der Waals surface area contributed by atoms with Crippen molar-refractivity contribution in [1.29, 1.82) is 0 Å². The Morgan fingerprint density at radius 2 is 2.11 bits per heavy atom. The Bertz CT molecular complexity index is 515. The van der Waals surface area contributed by atoms with E-state index in [1.54, 1.807) is 0 Å². The van der Waals surface area contributed by atoms with Crippen LogP contribution in [0.15, 0.2) is 18.2 Å². The van der Waals surface area contributed by atoms with Gasteiger partial charge in [0.15, 0.2) is 0 Å². The summed E-state index contributed by atoms with van der Waals surface area (Å²) >= 11 is 0. The number of carboxylic acid groups (broad SMARTS) is 1. The lowest BCUT2D eigenvalue weighted by Gasteiger charge is -2.11. The van der Waals surface area contributed by atoms with Gasteiger partial charge >= 0.3 is 12.0 Å². The number of anilines is 1. The molecule has 6 heteroatoms. The van der Waals surface area contributed by atoms with Gasteiger partial charge in [0, 0.05) is 12.1 Å². The number of urea groups is 1. The number of carboxylic acids is 1. The normalized spacial score (nSPS) is 20.5. The molecule has 0 heterocycles. The van der Waals surface area contributed by atoms with Gasteiger partial charge in [-0.1, -0.05) is 6.92 Å². The number of hydrogen-bond donors (Lipinski definition) is 3. The molecule has 6 nitrogen and oxygen atoms in total. The fourth-order valence-electron chi connectivity index (χ4n) is 1.79. The molecule has 0 aliphatic heterocycles. The predicted molar refractivity (Wildman–Crippen MR) is 69.7 cm³/mol. The summed E-state index contributed by atoms with van der Waals surface area (Å²) in [7, 11) is 1.48. The van der Waals surface area contributed by atoms with Gasteiger partial charge in [-0.3, -0.25) is 0 Å². The standard InChI is InChI=1S/C13H16N2O4/c1-7-5-10(7)14-13(18)15-11-6-8(19-2)3-4-9(11)12(16)17/h3-4,6-7,10H,5H2,1-2H3,(H,16,17)(H2,14,15,18). The molecular weight excluding hydrogens is 248 g/mol. The van der Waals surface area contributed by atoms with Crippen molar-refractivity contribution in [3.63, 3.8) is 0 Å². The first-order valence-electron chi connectivity index (χ1n) is 6.00. The largest absolute Gasteiger partial charge is 0.497 e. The highest BCUT2D eigenvalue weighted by Gasteiger charge is 2.34. The molecule has 1 aliphatic rings. The van der Waals surface area contributed by atoms with E-state index in [4.69, 9.17) is 9.84 Å². The number of hydrogen-bond acceptors (Lipinski definition) is 3. The zero-order valence-corrected chi connectivity index (χ0v) is 10.8. The summed E-state index contributed by atoms with van der Waals surface area (Å²) < 4.78 is 5.02. The third kappa shape index (κ3) is 3.15. The average Bonchev–Trinajstić information content (AvgIpc) is 3.03. The van der Waals surface area contributed by atoms with Crippen molar-refractivity contribution in [3.05, 3.63) is 23.8 Å². The highest BCUT2D eigenvalue weighted by molar-refractivity contribution is 6.00. The van der Waals surface area contributed by atoms with E-state index in [9.17, 15) is 9.59 Å². The third-order valence-corrected chi connectivity index (χ3v) is 3.13. The summed E-state index contributed by atoms with van der Waals surface area (Å²) in [6.07, 6.45) is 0.956. The fourth-order valence-corrected chi connectivity index (χ4v) is 1.79. The molecule has 2 unspecified atom stereocenters. The van der Waals surface area contributed by atoms with Crippen LogP contribution in [0.2, 0.25) is 0 Å². The quantitative estimate of drug-likeness (QED) is 0.775. The van der Waals surface area contributed by atoms with Crippen molar-refractivity contribution in [2.45, 2.75) is 19.4 Å². The van der Waals surface area contributed by atoms with E-state index in [0.717, 1.165) is 6.42 Å². The number of ether oxygens (including phenoxy) is 1. The molecule has 2 atom stereocenters. The molecule has 2 rings (SSSR count). The Morgan fingerprint density at radius 1 is 1.42 bits per heavy atom. The van der Waals surface area contributed by atoms with Crippen molar-refractivity contribution in [2.75, 3.05) is 12.4 Å². The summed E-state index contributed by atoms with van der Waals surface area (Å²) in [6.45, 7) is 2.04. The lowest BCUT2D eigenvalue weighted by Crippen LogP contribution is -2.31. The Hall–Kier alpha value is -2.24. The molecule has 3 N–H and O–H groups in total. The monoisotopic (exact) mass is 264 g/mol. The van der Waals surface area contributed by atoms with Crippen LogP contribution in [-0.4, -0.2) is 30.3 Å². The van der Waals surface area contributed by atoms with E-state index in [0.29, 0.717) is 11.7 Å². The minimum Gasteiger partial charge on any atom is -0.497 e. The Labute approximate surface area is 110 Å². The molecule has 0 saturated heterocycles. The molecule has 1 aromatic carbocycles. The van der Waals surface area contributed by atoms with Crippen LogP contribution < -0.4 is 15.4 Å². The van der Waals surface area contributed by atoms with Crippen LogP contribution in [0.25, 0.3) is 0 Å². The number of methoxy groups -OCH3 is 1. The van der Waals surface area contributed by atoms with E-state index in [1.165, 1.54) is 25.3 Å². The average molecular weight is 264 g/mol. The number of aromatic carboxylic acids is 1. The summed E-state index contributed by atoms with van der Waals surface area (Å²) in [5, 5.41) is 14.4. The van der Waals surface area contributed by atoms with Crippen LogP contribution in [0.5, 0.6) is 5.75 Å². The van der Waals surface area contributed by atoms with Gasteiger partial charge in [-0.05, 0) is 24.5 Å². The molecule has 0 aromatic heterocycles. The van der Waals surface area contributed by atoms with Crippen LogP contribution in [0.3, 0.4) is 0 Å². The summed E-state index contributed by atoms with van der Waals surface area (Å²) in [6, 6.07) is 4.20. The number of carbonyl (C=O) groups excluding carboxylic acids is 1. The summed E-state index contributed by atoms with van der Waals surface area (Å²) in [5.41, 5.74) is 0.248. The zero-order valence-electron chi connectivity index (χ0n) is 10.8. The Kier molecular flexibility index (Phi) is 3.59. The van der Waals surface area contributed by atoms with Gasteiger partial charge in [-0.25, -0.2) is 9.59 Å². The number of benzene rings is 1. The van der Waals surface area contributed by atoms with Crippen molar-refractivity contribution in [1.82, 2.24) is 5.32 Å². The Balaban J connectivity index is 2.12. The van der Waals surface area contributed by atoms with Gasteiger partial charge in [0.25, 0.3) is 0 Å². The van der Waals surface area contributed by atoms with E-state index < -0.39 is 12.0 Å². The maximum absolute atomic E-state index is 11.7. The molecule has 1 fully saturated rings. The first-order chi connectivity index (χ1) is 9.01. The predicted octanol–water partition coefficient (Wildman–Crippen LogP) is 1.92. The van der Waals surface area contributed by atoms with Gasteiger partial charge in [-0.2, -0.15) is 0 Å². The third-order valence-electron chi connectivity index (χ3n) is 3.13. The van der Waals surface area contributed by atoms with Crippen molar-refractivity contribution < 1.29 is 19.4 Å². The summed E-state index contributed by atoms with van der Waals surface area (Å²) in [4.78, 5) is 22.8. The molecule has 1 aliphatic carbocycles. The lowest BCUT2D eigenvalue weighted by atomic mass is 10.1. The summed E-state index contributed by atoms with van der Waals surface area (Å²) in [5.74, 6) is -0.132. The molecular formula is C13H16N2O4. The first kappa shape index (κ1) is 13.2. The molecule has 2 amide bonds. The maximum Gasteiger partial charge on any atom is 0.337 e. The number of rotatable bonds is 4. The number of nitrogens with one attached hydrogen (secondary N) is 2. The van der Waals surface area contributed by atoms with Crippen LogP contribution in [0.4, 0.5) is 10.5 Å². The zero-order chi connectivity index (χ0) is 14.0. The molecule has 19 heavy (non-hydrogen) atoms. The van der Waals surface area contributed by atoms with Crippen LogP contribution in [0, 0.1) is 5.92 Å². The number of amides is 2. The first-order valence-corrected chi connectivity index (χ1v) is 6.00. The highest BCUT2D eigenvalue weighted by atomic mass is 16.5. The molecule has 0 spiro atoms. The molecule has 1 saturated carbocycles. The second-order valence-corrected chi connectivity index (χ2v) is 4.63. The molecule has 0 radical (unpaired) electrons. The molecule has 0 bridgehead atoms. The smallest absolute Gasteiger partial charge is 0.337 e. The van der Waals surface area contributed by atoms with Gasteiger partial charge in [0.05, 0.1) is 18.4 Å². The van der Waals surface area contributed by atoms with Gasteiger partial charge < -0.3 is 20.5 Å². The van der Waals surface area contributed by atoms with E-state index in [2.05, 4.69) is 10.6 Å². The minimum atomic E-state index is -1.10. The Morgan fingerprint density at radius 3 is 2.63 bits per heavy atom. The van der Waals surface area contributed by atoms with Crippen LogP contribution in [0.1, 0.15) is 23.7 Å². The maximum atomic E-state index is 11.7. The minimum absolute atomic E-state index is 0.0276. The molecule has 1 aromatic rings. The van der Waals surface area contributed by atoms with E-state index >= 15 is 0 Å². The highest BCUT2D eigenvalue weighted by Crippen LogP contribution is 2.29. The lowest BCUT2D eigenvalue weighted by molar-refractivity contribution is 0.0698. The van der Waals surface area contributed by atoms with Crippen LogP contribution in [-0.2, 0) is 0 Å². The molecule has 102 valence electrons.